The lowest BCUT2D eigenvalue weighted by atomic mass is 10.1. The molecule has 1 aliphatic heterocycles. The van der Waals surface area contributed by atoms with Crippen LogP contribution in [0.25, 0.3) is 0 Å². The van der Waals surface area contributed by atoms with Crippen LogP contribution in [-0.4, -0.2) is 23.4 Å². The predicted octanol–water partition coefficient (Wildman–Crippen LogP) is 3.62. The molecule has 3 nitrogen and oxygen atoms in total. The number of nitrogens with one attached hydrogen (secondary N) is 1. The van der Waals surface area contributed by atoms with E-state index in [0.29, 0.717) is 11.6 Å². The Morgan fingerprint density at radius 3 is 2.70 bits per heavy atom. The van der Waals surface area contributed by atoms with Gasteiger partial charge in [-0.05, 0) is 42.6 Å². The van der Waals surface area contributed by atoms with Crippen LogP contribution in [0.2, 0.25) is 5.02 Å². The van der Waals surface area contributed by atoms with Crippen molar-refractivity contribution >= 4 is 17.5 Å². The minimum absolute atomic E-state index is 0.0330. The summed E-state index contributed by atoms with van der Waals surface area (Å²) in [4.78, 5) is 14.8. The van der Waals surface area contributed by atoms with Gasteiger partial charge in [0.15, 0.2) is 0 Å². The highest BCUT2D eigenvalue weighted by Gasteiger charge is 2.30. The lowest BCUT2D eigenvalue weighted by Crippen LogP contribution is -2.42. The lowest BCUT2D eigenvalue weighted by Gasteiger charge is -2.23. The maximum Gasteiger partial charge on any atom is 0.237 e. The smallest absolute Gasteiger partial charge is 0.237 e. The molecule has 1 aliphatic rings. The maximum atomic E-state index is 12.5. The van der Waals surface area contributed by atoms with Crippen molar-refractivity contribution in [3.8, 4) is 0 Å². The maximum absolute atomic E-state index is 12.5. The summed E-state index contributed by atoms with van der Waals surface area (Å²) in [6.45, 7) is 2.33. The Morgan fingerprint density at radius 1 is 1.13 bits per heavy atom. The van der Waals surface area contributed by atoms with E-state index in [2.05, 4.69) is 22.3 Å². The van der Waals surface area contributed by atoms with E-state index in [0.717, 1.165) is 31.5 Å². The van der Waals surface area contributed by atoms with Gasteiger partial charge in [-0.3, -0.25) is 9.69 Å². The molecule has 0 aromatic heterocycles. The average molecular weight is 329 g/mol. The van der Waals surface area contributed by atoms with Gasteiger partial charge in [0.2, 0.25) is 5.91 Å². The van der Waals surface area contributed by atoms with Crippen LogP contribution >= 0.6 is 11.6 Å². The topological polar surface area (TPSA) is 32.3 Å². The fourth-order valence-corrected chi connectivity index (χ4v) is 3.30. The second-order valence-corrected chi connectivity index (χ2v) is 6.40. The van der Waals surface area contributed by atoms with Crippen LogP contribution in [-0.2, 0) is 17.9 Å². The minimum Gasteiger partial charge on any atom is -0.351 e. The molecule has 1 unspecified atom stereocenters. The fraction of sp³-hybridized carbons (Fsp3) is 0.316. The summed E-state index contributed by atoms with van der Waals surface area (Å²) in [5.74, 6) is 0.110. The standard InChI is InChI=1S/C19H21ClN2O/c20-17-9-4-8-16(12-17)13-21-19(23)18-10-5-11-22(18)14-15-6-2-1-3-7-15/h1-4,6-9,12,18H,5,10-11,13-14H2,(H,21,23). The number of carbonyl (C=O) groups is 1. The molecule has 4 heteroatoms. The molecule has 2 aromatic rings. The van der Waals surface area contributed by atoms with Crippen molar-refractivity contribution in [1.29, 1.82) is 0 Å². The van der Waals surface area contributed by atoms with Crippen molar-refractivity contribution in [1.82, 2.24) is 10.2 Å². The van der Waals surface area contributed by atoms with Gasteiger partial charge in [-0.2, -0.15) is 0 Å². The molecule has 1 saturated heterocycles. The van der Waals surface area contributed by atoms with Crippen molar-refractivity contribution in [2.75, 3.05) is 6.54 Å². The van der Waals surface area contributed by atoms with Gasteiger partial charge in [0.25, 0.3) is 0 Å². The van der Waals surface area contributed by atoms with Gasteiger partial charge < -0.3 is 5.32 Å². The molecule has 0 aliphatic carbocycles. The van der Waals surface area contributed by atoms with E-state index >= 15 is 0 Å². The largest absolute Gasteiger partial charge is 0.351 e. The Kier molecular flexibility index (Phi) is 5.31. The highest BCUT2D eigenvalue weighted by atomic mass is 35.5. The summed E-state index contributed by atoms with van der Waals surface area (Å²) < 4.78 is 0. The van der Waals surface area contributed by atoms with Gasteiger partial charge >= 0.3 is 0 Å². The number of amides is 1. The second kappa shape index (κ2) is 7.62. The Balaban J connectivity index is 1.57. The fourth-order valence-electron chi connectivity index (χ4n) is 3.08. The van der Waals surface area contributed by atoms with Crippen LogP contribution < -0.4 is 5.32 Å². The summed E-state index contributed by atoms with van der Waals surface area (Å²) in [6, 6.07) is 17.9. The van der Waals surface area contributed by atoms with E-state index in [1.807, 2.05) is 42.5 Å². The molecule has 1 atom stereocenters. The van der Waals surface area contributed by atoms with Gasteiger partial charge in [0.05, 0.1) is 6.04 Å². The van der Waals surface area contributed by atoms with Crippen LogP contribution in [0.3, 0.4) is 0 Å². The SMILES string of the molecule is O=C(NCc1cccc(Cl)c1)C1CCCN1Cc1ccccc1. The highest BCUT2D eigenvalue weighted by Crippen LogP contribution is 2.20. The normalized spacial score (nSPS) is 18.0. The Morgan fingerprint density at radius 2 is 1.91 bits per heavy atom. The van der Waals surface area contributed by atoms with Gasteiger partial charge in [-0.15, -0.1) is 0 Å². The number of halogens is 1. The van der Waals surface area contributed by atoms with Crippen LogP contribution in [0.15, 0.2) is 54.6 Å². The molecular weight excluding hydrogens is 308 g/mol. The van der Waals surface area contributed by atoms with Gasteiger partial charge in [-0.1, -0.05) is 54.1 Å². The average Bonchev–Trinajstić information content (AvgIpc) is 3.02. The predicted molar refractivity (Wildman–Crippen MR) is 93.2 cm³/mol. The van der Waals surface area contributed by atoms with Crippen LogP contribution in [0.5, 0.6) is 0 Å². The van der Waals surface area contributed by atoms with Crippen molar-refractivity contribution in [2.45, 2.75) is 32.0 Å². The highest BCUT2D eigenvalue weighted by molar-refractivity contribution is 6.30. The number of nitrogens with zero attached hydrogens (tertiary/aromatic N) is 1. The van der Waals surface area contributed by atoms with Crippen LogP contribution in [0.1, 0.15) is 24.0 Å². The van der Waals surface area contributed by atoms with E-state index in [1.54, 1.807) is 0 Å². The molecule has 120 valence electrons. The molecule has 1 amide bonds. The number of likely N-dealkylation sites (tertiary alicyclic amines) is 1. The number of hydrogen-bond donors (Lipinski definition) is 1. The Bertz CT molecular complexity index is 659. The van der Waals surface area contributed by atoms with Crippen LogP contribution in [0, 0.1) is 0 Å². The monoisotopic (exact) mass is 328 g/mol. The first-order valence-corrected chi connectivity index (χ1v) is 8.40. The first kappa shape index (κ1) is 16.0. The van der Waals surface area contributed by atoms with E-state index in [1.165, 1.54) is 5.56 Å². The third-order valence-corrected chi connectivity index (χ3v) is 4.49. The summed E-state index contributed by atoms with van der Waals surface area (Å²) in [5.41, 5.74) is 2.28. The van der Waals surface area contributed by atoms with Gasteiger partial charge in [0, 0.05) is 18.1 Å². The molecule has 2 aromatic carbocycles. The van der Waals surface area contributed by atoms with Crippen LogP contribution in [0.4, 0.5) is 0 Å². The quantitative estimate of drug-likeness (QED) is 0.909. The van der Waals surface area contributed by atoms with Crippen molar-refractivity contribution in [3.63, 3.8) is 0 Å². The molecule has 3 rings (SSSR count). The number of carbonyl (C=O) groups excluding carboxylic acids is 1. The molecule has 1 heterocycles. The summed E-state index contributed by atoms with van der Waals surface area (Å²) in [7, 11) is 0. The summed E-state index contributed by atoms with van der Waals surface area (Å²) in [5, 5.41) is 3.74. The third-order valence-electron chi connectivity index (χ3n) is 4.25. The van der Waals surface area contributed by atoms with Gasteiger partial charge in [-0.25, -0.2) is 0 Å². The van der Waals surface area contributed by atoms with Crippen molar-refractivity contribution in [2.24, 2.45) is 0 Å². The first-order chi connectivity index (χ1) is 11.2. The third kappa shape index (κ3) is 4.34. The Labute approximate surface area is 142 Å². The zero-order chi connectivity index (χ0) is 16.1. The molecule has 0 spiro atoms. The van der Waals surface area contributed by atoms with E-state index < -0.39 is 0 Å². The molecule has 23 heavy (non-hydrogen) atoms. The van der Waals surface area contributed by atoms with Gasteiger partial charge in [0.1, 0.15) is 0 Å². The van der Waals surface area contributed by atoms with Crippen molar-refractivity contribution < 1.29 is 4.79 Å². The number of benzene rings is 2. The second-order valence-electron chi connectivity index (χ2n) is 5.96. The van der Waals surface area contributed by atoms with Crippen molar-refractivity contribution in [3.05, 3.63) is 70.7 Å². The summed E-state index contributed by atoms with van der Waals surface area (Å²) in [6.07, 6.45) is 2.00. The molecular formula is C19H21ClN2O. The lowest BCUT2D eigenvalue weighted by molar-refractivity contribution is -0.125. The van der Waals surface area contributed by atoms with E-state index in [9.17, 15) is 4.79 Å². The number of hydrogen-bond acceptors (Lipinski definition) is 2. The number of rotatable bonds is 5. The zero-order valence-electron chi connectivity index (χ0n) is 13.0. The zero-order valence-corrected chi connectivity index (χ0v) is 13.8. The Hall–Kier alpha value is -1.84. The van der Waals surface area contributed by atoms with E-state index in [-0.39, 0.29) is 11.9 Å². The molecule has 0 saturated carbocycles. The molecule has 1 N–H and O–H groups in total. The molecule has 1 fully saturated rings. The first-order valence-electron chi connectivity index (χ1n) is 8.02. The van der Waals surface area contributed by atoms with E-state index in [4.69, 9.17) is 11.6 Å². The molecule has 0 radical (unpaired) electrons. The minimum atomic E-state index is -0.0330. The molecule has 0 bridgehead atoms. The summed E-state index contributed by atoms with van der Waals surface area (Å²) >= 11 is 5.98.